The molecule has 4 aliphatic carbocycles. The minimum Gasteiger partial charge on any atom is -0.390 e. The van der Waals surface area contributed by atoms with Crippen LogP contribution in [0.3, 0.4) is 0 Å². The third-order valence-corrected chi connectivity index (χ3v) is 6.70. The van der Waals surface area contributed by atoms with Gasteiger partial charge in [0.1, 0.15) is 0 Å². The fourth-order valence-electron chi connectivity index (χ4n) is 6.18. The van der Waals surface area contributed by atoms with E-state index in [-0.39, 0.29) is 0 Å². The Morgan fingerprint density at radius 1 is 1.00 bits per heavy atom. The van der Waals surface area contributed by atoms with Crippen molar-refractivity contribution in [1.82, 2.24) is 0 Å². The van der Waals surface area contributed by atoms with Gasteiger partial charge in [-0.2, -0.15) is 0 Å². The Kier molecular flexibility index (Phi) is 1.98. The van der Waals surface area contributed by atoms with E-state index in [1.807, 2.05) is 0 Å². The first kappa shape index (κ1) is 11.1. The Balaban J connectivity index is 2.10. The summed E-state index contributed by atoms with van der Waals surface area (Å²) in [6.45, 7) is 9.36. The summed E-state index contributed by atoms with van der Waals surface area (Å²) in [5.74, 6) is 2.22. The second kappa shape index (κ2) is 2.85. The van der Waals surface area contributed by atoms with Crippen molar-refractivity contribution in [2.45, 2.75) is 65.4 Å². The van der Waals surface area contributed by atoms with E-state index in [0.29, 0.717) is 16.7 Å². The SMILES string of the molecule is C[C@@H]1CCC2C(C)(C)[C@H]3CC[C@]21C[C@@]3(C)O. The normalized spacial score (nSPS) is 58.7. The molecule has 0 amide bonds. The van der Waals surface area contributed by atoms with Gasteiger partial charge in [-0.25, -0.2) is 0 Å². The highest BCUT2D eigenvalue weighted by Crippen LogP contribution is 2.72. The molecule has 0 aromatic carbocycles. The Labute approximate surface area is 99.6 Å². The number of hydrogen-bond acceptors (Lipinski definition) is 1. The molecule has 4 fully saturated rings. The van der Waals surface area contributed by atoms with Gasteiger partial charge in [0.15, 0.2) is 0 Å². The molecule has 1 spiro atoms. The summed E-state index contributed by atoms with van der Waals surface area (Å²) in [5.41, 5.74) is 0.420. The molecule has 0 aromatic rings. The lowest BCUT2D eigenvalue weighted by molar-refractivity contribution is -0.216. The average Bonchev–Trinajstić information content (AvgIpc) is 2.42. The molecule has 4 aliphatic rings. The lowest BCUT2D eigenvalue weighted by atomic mass is 9.41. The van der Waals surface area contributed by atoms with E-state index in [1.54, 1.807) is 0 Å². The first-order valence-corrected chi connectivity index (χ1v) is 7.03. The zero-order valence-electron chi connectivity index (χ0n) is 11.2. The minimum atomic E-state index is -0.406. The fraction of sp³-hybridized carbons (Fsp3) is 1.00. The second-order valence-electron chi connectivity index (χ2n) is 7.71. The summed E-state index contributed by atoms with van der Waals surface area (Å²) >= 11 is 0. The summed E-state index contributed by atoms with van der Waals surface area (Å²) in [4.78, 5) is 0. The molecule has 5 atom stereocenters. The zero-order valence-corrected chi connectivity index (χ0v) is 11.2. The van der Waals surface area contributed by atoms with Crippen molar-refractivity contribution in [3.63, 3.8) is 0 Å². The molecule has 1 unspecified atom stereocenters. The molecule has 1 nitrogen and oxygen atoms in total. The van der Waals surface area contributed by atoms with Gasteiger partial charge in [-0.05, 0) is 67.6 Å². The molecular formula is C15H26O. The molecule has 2 bridgehead atoms. The maximum absolute atomic E-state index is 10.8. The van der Waals surface area contributed by atoms with Crippen molar-refractivity contribution in [2.24, 2.45) is 28.6 Å². The summed E-state index contributed by atoms with van der Waals surface area (Å²) < 4.78 is 0. The van der Waals surface area contributed by atoms with Crippen LogP contribution in [0.4, 0.5) is 0 Å². The molecule has 0 heterocycles. The molecule has 0 aliphatic heterocycles. The van der Waals surface area contributed by atoms with Crippen LogP contribution in [0.5, 0.6) is 0 Å². The number of aliphatic hydroxyl groups is 1. The Hall–Kier alpha value is -0.0400. The Morgan fingerprint density at radius 3 is 2.31 bits per heavy atom. The highest BCUT2D eigenvalue weighted by Gasteiger charge is 2.67. The van der Waals surface area contributed by atoms with E-state index < -0.39 is 5.60 Å². The summed E-state index contributed by atoms with van der Waals surface area (Å²) in [6.07, 6.45) is 6.49. The van der Waals surface area contributed by atoms with E-state index in [2.05, 4.69) is 27.7 Å². The quantitative estimate of drug-likeness (QED) is 0.664. The maximum Gasteiger partial charge on any atom is 0.0658 e. The van der Waals surface area contributed by atoms with Gasteiger partial charge in [0.2, 0.25) is 0 Å². The summed E-state index contributed by atoms with van der Waals surface area (Å²) in [5, 5.41) is 10.8. The van der Waals surface area contributed by atoms with Gasteiger partial charge < -0.3 is 5.11 Å². The van der Waals surface area contributed by atoms with E-state index in [1.165, 1.54) is 25.7 Å². The van der Waals surface area contributed by atoms with E-state index in [4.69, 9.17) is 0 Å². The van der Waals surface area contributed by atoms with Gasteiger partial charge in [0.05, 0.1) is 5.60 Å². The smallest absolute Gasteiger partial charge is 0.0658 e. The molecule has 92 valence electrons. The van der Waals surface area contributed by atoms with Crippen molar-refractivity contribution >= 4 is 0 Å². The van der Waals surface area contributed by atoms with E-state index >= 15 is 0 Å². The summed E-state index contributed by atoms with van der Waals surface area (Å²) in [6, 6.07) is 0. The number of hydrogen-bond donors (Lipinski definition) is 1. The predicted molar refractivity (Wildman–Crippen MR) is 66.1 cm³/mol. The van der Waals surface area contributed by atoms with Crippen LogP contribution in [-0.4, -0.2) is 10.7 Å². The first-order chi connectivity index (χ1) is 7.31. The average molecular weight is 222 g/mol. The molecule has 16 heavy (non-hydrogen) atoms. The fourth-order valence-corrected chi connectivity index (χ4v) is 6.18. The molecule has 4 saturated carbocycles. The highest BCUT2D eigenvalue weighted by molar-refractivity contribution is 5.16. The second-order valence-corrected chi connectivity index (χ2v) is 7.71. The zero-order chi connectivity index (χ0) is 11.8. The van der Waals surface area contributed by atoms with Crippen LogP contribution < -0.4 is 0 Å². The minimum absolute atomic E-state index is 0.352. The molecule has 4 rings (SSSR count). The van der Waals surface area contributed by atoms with Gasteiger partial charge >= 0.3 is 0 Å². The summed E-state index contributed by atoms with van der Waals surface area (Å²) in [7, 11) is 0. The van der Waals surface area contributed by atoms with Gasteiger partial charge in [-0.3, -0.25) is 0 Å². The molecule has 0 radical (unpaired) electrons. The lowest BCUT2D eigenvalue weighted by Crippen LogP contribution is -2.63. The van der Waals surface area contributed by atoms with Crippen LogP contribution in [0, 0.1) is 28.6 Å². The van der Waals surface area contributed by atoms with Crippen LogP contribution in [0.15, 0.2) is 0 Å². The molecule has 1 heteroatoms. The Bertz CT molecular complexity index is 317. The standard InChI is InChI=1S/C15H26O/c1-10-5-6-12-13(2,3)11-7-8-15(10,12)9-14(11,4)16/h10-12,16H,5-9H2,1-4H3/t10-,11-,12?,14-,15-/m1/s1. The number of fused-ring (bicyclic) bond motifs is 2. The molecule has 0 saturated heterocycles. The largest absolute Gasteiger partial charge is 0.390 e. The van der Waals surface area contributed by atoms with Gasteiger partial charge in [0, 0.05) is 0 Å². The van der Waals surface area contributed by atoms with Gasteiger partial charge in [0.25, 0.3) is 0 Å². The van der Waals surface area contributed by atoms with Crippen molar-refractivity contribution in [2.75, 3.05) is 0 Å². The third kappa shape index (κ3) is 1.06. The third-order valence-electron chi connectivity index (χ3n) is 6.70. The van der Waals surface area contributed by atoms with Crippen molar-refractivity contribution in [1.29, 1.82) is 0 Å². The van der Waals surface area contributed by atoms with Crippen LogP contribution in [-0.2, 0) is 0 Å². The molecule has 1 N–H and O–H groups in total. The van der Waals surface area contributed by atoms with Crippen molar-refractivity contribution in [3.8, 4) is 0 Å². The van der Waals surface area contributed by atoms with Gasteiger partial charge in [-0.1, -0.05) is 20.8 Å². The molecule has 0 aromatic heterocycles. The van der Waals surface area contributed by atoms with Gasteiger partial charge in [-0.15, -0.1) is 0 Å². The molecular weight excluding hydrogens is 196 g/mol. The van der Waals surface area contributed by atoms with Crippen molar-refractivity contribution < 1.29 is 5.11 Å². The van der Waals surface area contributed by atoms with Crippen LogP contribution in [0.25, 0.3) is 0 Å². The lowest BCUT2D eigenvalue weighted by Gasteiger charge is -2.65. The Morgan fingerprint density at radius 2 is 1.69 bits per heavy atom. The van der Waals surface area contributed by atoms with Crippen molar-refractivity contribution in [3.05, 3.63) is 0 Å². The highest BCUT2D eigenvalue weighted by atomic mass is 16.3. The monoisotopic (exact) mass is 222 g/mol. The van der Waals surface area contributed by atoms with E-state index in [9.17, 15) is 5.11 Å². The van der Waals surface area contributed by atoms with Crippen LogP contribution in [0.2, 0.25) is 0 Å². The maximum atomic E-state index is 10.8. The van der Waals surface area contributed by atoms with Crippen LogP contribution in [0.1, 0.15) is 59.8 Å². The topological polar surface area (TPSA) is 20.2 Å². The number of rotatable bonds is 0. The first-order valence-electron chi connectivity index (χ1n) is 7.03. The van der Waals surface area contributed by atoms with Crippen LogP contribution >= 0.6 is 0 Å². The predicted octanol–water partition coefficient (Wildman–Crippen LogP) is 3.61. The van der Waals surface area contributed by atoms with E-state index in [0.717, 1.165) is 18.3 Å².